The quantitative estimate of drug-likeness (QED) is 0.881. The average Bonchev–Trinajstić information content (AvgIpc) is 2.71. The fraction of sp³-hybridized carbons (Fsp3) is 0.545. The monoisotopic (exact) mass is 262 g/mol. The Morgan fingerprint density at radius 3 is 2.75 bits per heavy atom. The molecule has 0 fully saturated rings. The maximum Gasteiger partial charge on any atom is 0.239 e. The summed E-state index contributed by atoms with van der Waals surface area (Å²) in [4.78, 5) is 14.8. The number of thiophene rings is 1. The van der Waals surface area contributed by atoms with Crippen LogP contribution in [0.1, 0.15) is 18.7 Å². The average molecular weight is 263 g/mol. The molecule has 0 bridgehead atoms. The molecule has 1 aromatic heterocycles. The first kappa shape index (κ1) is 15.4. The third-order valence-electron chi connectivity index (χ3n) is 2.29. The molecule has 1 amide bonds. The Labute approximate surface area is 107 Å². The zero-order valence-corrected chi connectivity index (χ0v) is 11.3. The highest BCUT2D eigenvalue weighted by Gasteiger charge is 2.15. The minimum absolute atomic E-state index is 0. The molecule has 1 atom stereocenters. The number of carbonyl (C=O) groups excluding carboxylic acids is 1. The van der Waals surface area contributed by atoms with E-state index in [2.05, 4.69) is 11.4 Å². The van der Waals surface area contributed by atoms with Gasteiger partial charge in [0.1, 0.15) is 0 Å². The number of carbonyl (C=O) groups is 1. The summed E-state index contributed by atoms with van der Waals surface area (Å²) in [5.74, 6) is 0.0362. The van der Waals surface area contributed by atoms with Crippen LogP contribution in [0.4, 0.5) is 0 Å². The molecule has 0 radical (unpaired) electrons. The molecule has 1 aromatic rings. The topological polar surface area (TPSA) is 46.3 Å². The largest absolute Gasteiger partial charge is 0.341 e. The normalized spacial score (nSPS) is 11.7. The van der Waals surface area contributed by atoms with Gasteiger partial charge in [-0.3, -0.25) is 4.79 Å². The van der Waals surface area contributed by atoms with Gasteiger partial charge in [-0.2, -0.15) is 0 Å². The van der Waals surface area contributed by atoms with E-state index in [4.69, 9.17) is 5.73 Å². The van der Waals surface area contributed by atoms with Gasteiger partial charge in [0.2, 0.25) is 5.91 Å². The van der Waals surface area contributed by atoms with Crippen LogP contribution in [0.25, 0.3) is 0 Å². The minimum Gasteiger partial charge on any atom is -0.341 e. The van der Waals surface area contributed by atoms with Crippen LogP contribution in [0.15, 0.2) is 17.5 Å². The molecular weight excluding hydrogens is 244 g/mol. The summed E-state index contributed by atoms with van der Waals surface area (Å²) in [5.41, 5.74) is 5.57. The van der Waals surface area contributed by atoms with E-state index in [1.807, 2.05) is 17.9 Å². The van der Waals surface area contributed by atoms with Crippen molar-refractivity contribution in [1.82, 2.24) is 4.90 Å². The molecule has 1 rings (SSSR count). The molecule has 0 aromatic carbocycles. The lowest BCUT2D eigenvalue weighted by Gasteiger charge is -2.22. The van der Waals surface area contributed by atoms with Crippen molar-refractivity contribution < 1.29 is 4.79 Å². The molecule has 0 saturated carbocycles. The molecule has 0 aliphatic heterocycles. The van der Waals surface area contributed by atoms with Gasteiger partial charge >= 0.3 is 0 Å². The van der Waals surface area contributed by atoms with Gasteiger partial charge in [0, 0.05) is 18.0 Å². The number of nitrogens with two attached hydrogens (primary N) is 1. The molecule has 0 aliphatic carbocycles. The fourth-order valence-corrected chi connectivity index (χ4v) is 2.11. The van der Waals surface area contributed by atoms with Gasteiger partial charge in [-0.15, -0.1) is 23.7 Å². The van der Waals surface area contributed by atoms with E-state index in [1.165, 1.54) is 4.88 Å². The highest BCUT2D eigenvalue weighted by atomic mass is 35.5. The Kier molecular flexibility index (Phi) is 7.38. The molecule has 5 heteroatoms. The molecule has 16 heavy (non-hydrogen) atoms. The molecular formula is C11H19ClN2OS. The van der Waals surface area contributed by atoms with Gasteiger partial charge in [-0.05, 0) is 31.7 Å². The van der Waals surface area contributed by atoms with Crippen molar-refractivity contribution in [2.45, 2.75) is 26.3 Å². The molecule has 0 spiro atoms. The standard InChI is InChI=1S/C11H18N2OS.ClH/c1-3-13(11(14)9(2)12)7-6-10-5-4-8-15-10;/h4-5,8-9H,3,6-7,12H2,1-2H3;1H. The van der Waals surface area contributed by atoms with Crippen LogP contribution < -0.4 is 5.73 Å². The third kappa shape index (κ3) is 4.51. The van der Waals surface area contributed by atoms with Crippen molar-refractivity contribution in [2.24, 2.45) is 5.73 Å². The molecule has 1 heterocycles. The lowest BCUT2D eigenvalue weighted by atomic mass is 10.2. The molecule has 0 saturated heterocycles. The number of amides is 1. The van der Waals surface area contributed by atoms with Crippen LogP contribution in [0.5, 0.6) is 0 Å². The lowest BCUT2D eigenvalue weighted by Crippen LogP contribution is -2.42. The van der Waals surface area contributed by atoms with E-state index in [0.29, 0.717) is 0 Å². The van der Waals surface area contributed by atoms with E-state index >= 15 is 0 Å². The summed E-state index contributed by atoms with van der Waals surface area (Å²) in [5, 5.41) is 2.05. The van der Waals surface area contributed by atoms with Gasteiger partial charge in [-0.25, -0.2) is 0 Å². The summed E-state index contributed by atoms with van der Waals surface area (Å²) in [6.45, 7) is 5.20. The number of hydrogen-bond acceptors (Lipinski definition) is 3. The maximum atomic E-state index is 11.6. The first-order chi connectivity index (χ1) is 7.15. The Bertz CT molecular complexity index is 301. The Hall–Kier alpha value is -0.580. The van der Waals surface area contributed by atoms with Gasteiger partial charge < -0.3 is 10.6 Å². The van der Waals surface area contributed by atoms with Gasteiger partial charge in [0.15, 0.2) is 0 Å². The maximum absolute atomic E-state index is 11.6. The van der Waals surface area contributed by atoms with Crippen molar-refractivity contribution in [3.05, 3.63) is 22.4 Å². The van der Waals surface area contributed by atoms with Crippen LogP contribution >= 0.6 is 23.7 Å². The van der Waals surface area contributed by atoms with Crippen molar-refractivity contribution in [2.75, 3.05) is 13.1 Å². The molecule has 3 nitrogen and oxygen atoms in total. The van der Waals surface area contributed by atoms with E-state index in [0.717, 1.165) is 19.5 Å². The van der Waals surface area contributed by atoms with E-state index in [9.17, 15) is 4.79 Å². The first-order valence-corrected chi connectivity index (χ1v) is 6.10. The second-order valence-electron chi connectivity index (χ2n) is 3.54. The van der Waals surface area contributed by atoms with Crippen molar-refractivity contribution in [3.63, 3.8) is 0 Å². The first-order valence-electron chi connectivity index (χ1n) is 5.22. The number of rotatable bonds is 5. The molecule has 92 valence electrons. The van der Waals surface area contributed by atoms with Crippen LogP contribution in [-0.4, -0.2) is 29.9 Å². The molecule has 0 aliphatic rings. The van der Waals surface area contributed by atoms with E-state index < -0.39 is 6.04 Å². The van der Waals surface area contributed by atoms with Crippen molar-refractivity contribution >= 4 is 29.7 Å². The van der Waals surface area contributed by atoms with Crippen molar-refractivity contribution in [3.8, 4) is 0 Å². The highest BCUT2D eigenvalue weighted by molar-refractivity contribution is 7.09. The number of nitrogens with zero attached hydrogens (tertiary/aromatic N) is 1. The smallest absolute Gasteiger partial charge is 0.239 e. The lowest BCUT2D eigenvalue weighted by molar-refractivity contribution is -0.131. The highest BCUT2D eigenvalue weighted by Crippen LogP contribution is 2.10. The summed E-state index contributed by atoms with van der Waals surface area (Å²) in [6, 6.07) is 3.73. The number of hydrogen-bond donors (Lipinski definition) is 1. The van der Waals surface area contributed by atoms with E-state index in [-0.39, 0.29) is 18.3 Å². The fourth-order valence-electron chi connectivity index (χ4n) is 1.41. The summed E-state index contributed by atoms with van der Waals surface area (Å²) >= 11 is 1.73. The zero-order valence-electron chi connectivity index (χ0n) is 9.68. The summed E-state index contributed by atoms with van der Waals surface area (Å²) in [7, 11) is 0. The van der Waals surface area contributed by atoms with Crippen LogP contribution in [0, 0.1) is 0 Å². The minimum atomic E-state index is -0.395. The summed E-state index contributed by atoms with van der Waals surface area (Å²) < 4.78 is 0. The Balaban J connectivity index is 0.00000225. The molecule has 2 N–H and O–H groups in total. The zero-order chi connectivity index (χ0) is 11.3. The predicted octanol–water partition coefficient (Wildman–Crippen LogP) is 1.91. The second-order valence-corrected chi connectivity index (χ2v) is 4.57. The second kappa shape index (κ2) is 7.65. The van der Waals surface area contributed by atoms with Crippen LogP contribution in [-0.2, 0) is 11.2 Å². The Morgan fingerprint density at radius 1 is 1.62 bits per heavy atom. The number of halogens is 1. The van der Waals surface area contributed by atoms with Gasteiger partial charge in [-0.1, -0.05) is 6.07 Å². The number of likely N-dealkylation sites (N-methyl/N-ethyl adjacent to an activating group) is 1. The van der Waals surface area contributed by atoms with E-state index in [1.54, 1.807) is 18.3 Å². The van der Waals surface area contributed by atoms with Crippen LogP contribution in [0.3, 0.4) is 0 Å². The van der Waals surface area contributed by atoms with Gasteiger partial charge in [0.05, 0.1) is 6.04 Å². The SMILES string of the molecule is CCN(CCc1cccs1)C(=O)C(C)N.Cl. The summed E-state index contributed by atoms with van der Waals surface area (Å²) in [6.07, 6.45) is 0.921. The predicted molar refractivity (Wildman–Crippen MR) is 71.2 cm³/mol. The van der Waals surface area contributed by atoms with Crippen molar-refractivity contribution in [1.29, 1.82) is 0 Å². The van der Waals surface area contributed by atoms with Crippen LogP contribution in [0.2, 0.25) is 0 Å². The third-order valence-corrected chi connectivity index (χ3v) is 3.23. The Morgan fingerprint density at radius 2 is 2.31 bits per heavy atom. The molecule has 1 unspecified atom stereocenters. The van der Waals surface area contributed by atoms with Gasteiger partial charge in [0.25, 0.3) is 0 Å².